The van der Waals surface area contributed by atoms with E-state index in [2.05, 4.69) is 12.2 Å². The molecule has 14 heavy (non-hydrogen) atoms. The average Bonchev–Trinajstić information content (AvgIpc) is 2.63. The van der Waals surface area contributed by atoms with Gasteiger partial charge in [0.15, 0.2) is 0 Å². The molecule has 0 aromatic carbocycles. The smallest absolute Gasteiger partial charge is 0.0700 e. The maximum Gasteiger partial charge on any atom is 0.0700 e. The summed E-state index contributed by atoms with van der Waals surface area (Å²) in [5, 5.41) is 3.60. The second-order valence-electron chi connectivity index (χ2n) is 5.01. The number of hydrogen-bond donors (Lipinski definition) is 2. The molecular weight excluding hydrogens is 176 g/mol. The molecule has 0 radical (unpaired) electrons. The summed E-state index contributed by atoms with van der Waals surface area (Å²) in [6, 6.07) is 0. The molecule has 0 aromatic rings. The minimum absolute atomic E-state index is 0.241. The predicted octanol–water partition coefficient (Wildman–Crippen LogP) is 0.882. The largest absolute Gasteiger partial charge is 0.377 e. The molecule has 0 aromatic heterocycles. The van der Waals surface area contributed by atoms with Crippen LogP contribution in [0.1, 0.15) is 32.6 Å². The van der Waals surface area contributed by atoms with Crippen LogP contribution in [0.4, 0.5) is 0 Å². The Morgan fingerprint density at radius 2 is 2.29 bits per heavy atom. The Kier molecular flexibility index (Phi) is 3.10. The van der Waals surface area contributed by atoms with E-state index in [-0.39, 0.29) is 5.54 Å². The van der Waals surface area contributed by atoms with E-state index >= 15 is 0 Å². The first-order chi connectivity index (χ1) is 6.74. The van der Waals surface area contributed by atoms with E-state index in [9.17, 15) is 0 Å². The predicted molar refractivity (Wildman–Crippen MR) is 57.2 cm³/mol. The van der Waals surface area contributed by atoms with Gasteiger partial charge in [-0.2, -0.15) is 0 Å². The monoisotopic (exact) mass is 198 g/mol. The summed E-state index contributed by atoms with van der Waals surface area (Å²) in [5.74, 6) is 0.843. The molecule has 2 fully saturated rings. The quantitative estimate of drug-likeness (QED) is 0.705. The van der Waals surface area contributed by atoms with Crippen LogP contribution in [0.2, 0.25) is 0 Å². The molecule has 3 nitrogen and oxygen atoms in total. The van der Waals surface area contributed by atoms with E-state index in [1.165, 1.54) is 25.7 Å². The lowest BCUT2D eigenvalue weighted by Crippen LogP contribution is -2.60. The molecule has 1 unspecified atom stereocenters. The van der Waals surface area contributed by atoms with Gasteiger partial charge < -0.3 is 15.8 Å². The van der Waals surface area contributed by atoms with Crippen LogP contribution >= 0.6 is 0 Å². The van der Waals surface area contributed by atoms with Crippen molar-refractivity contribution in [2.45, 2.75) is 44.2 Å². The van der Waals surface area contributed by atoms with Gasteiger partial charge in [0, 0.05) is 25.2 Å². The maximum absolute atomic E-state index is 5.81. The lowest BCUT2D eigenvalue weighted by Gasteiger charge is -2.47. The normalized spacial score (nSPS) is 42.4. The molecule has 82 valence electrons. The van der Waals surface area contributed by atoms with Crippen molar-refractivity contribution in [3.8, 4) is 0 Å². The van der Waals surface area contributed by atoms with Gasteiger partial charge in [0.25, 0.3) is 0 Å². The Bertz CT molecular complexity index is 184. The van der Waals surface area contributed by atoms with Crippen molar-refractivity contribution in [2.75, 3.05) is 19.7 Å². The second-order valence-corrected chi connectivity index (χ2v) is 5.01. The highest BCUT2D eigenvalue weighted by Crippen LogP contribution is 2.36. The number of hydrogen-bond acceptors (Lipinski definition) is 3. The van der Waals surface area contributed by atoms with Crippen LogP contribution in [0.5, 0.6) is 0 Å². The van der Waals surface area contributed by atoms with Crippen LogP contribution in [-0.2, 0) is 4.74 Å². The molecular formula is C11H22N2O. The van der Waals surface area contributed by atoms with Crippen LogP contribution in [0, 0.1) is 5.92 Å². The van der Waals surface area contributed by atoms with Gasteiger partial charge in [-0.05, 0) is 31.6 Å². The van der Waals surface area contributed by atoms with Crippen molar-refractivity contribution in [1.82, 2.24) is 5.32 Å². The highest BCUT2D eigenvalue weighted by atomic mass is 16.5. The highest BCUT2D eigenvalue weighted by Gasteiger charge is 2.40. The van der Waals surface area contributed by atoms with Crippen molar-refractivity contribution in [2.24, 2.45) is 11.7 Å². The molecule has 2 rings (SSSR count). The van der Waals surface area contributed by atoms with E-state index < -0.39 is 0 Å². The number of rotatable bonds is 4. The molecule has 1 saturated heterocycles. The van der Waals surface area contributed by atoms with Gasteiger partial charge in [-0.15, -0.1) is 0 Å². The fraction of sp³-hybridized carbons (Fsp3) is 1.00. The van der Waals surface area contributed by atoms with Gasteiger partial charge in [-0.3, -0.25) is 0 Å². The standard InChI is InChI=1S/C11H22N2O/c1-9-5-11(6-9,8-12)13-7-10-3-2-4-14-10/h9-10,13H,2-8,12H2,1H3. The molecule has 0 spiro atoms. The molecule has 1 aliphatic heterocycles. The van der Waals surface area contributed by atoms with E-state index in [1.807, 2.05) is 0 Å². The first-order valence-corrected chi connectivity index (χ1v) is 5.81. The summed E-state index contributed by atoms with van der Waals surface area (Å²) >= 11 is 0. The number of ether oxygens (including phenoxy) is 1. The van der Waals surface area contributed by atoms with E-state index in [0.29, 0.717) is 6.10 Å². The van der Waals surface area contributed by atoms with Crippen LogP contribution in [0.25, 0.3) is 0 Å². The Morgan fingerprint density at radius 3 is 2.79 bits per heavy atom. The Morgan fingerprint density at radius 1 is 1.50 bits per heavy atom. The van der Waals surface area contributed by atoms with Crippen molar-refractivity contribution in [3.05, 3.63) is 0 Å². The zero-order valence-electron chi connectivity index (χ0n) is 9.09. The van der Waals surface area contributed by atoms with Gasteiger partial charge in [0.05, 0.1) is 6.10 Å². The molecule has 3 heteroatoms. The SMILES string of the molecule is CC1CC(CN)(NCC2CCCO2)C1. The Labute approximate surface area is 86.4 Å². The van der Waals surface area contributed by atoms with E-state index in [0.717, 1.165) is 25.6 Å². The van der Waals surface area contributed by atoms with E-state index in [4.69, 9.17) is 10.5 Å². The fourth-order valence-corrected chi connectivity index (χ4v) is 2.79. The Balaban J connectivity index is 1.72. The van der Waals surface area contributed by atoms with Crippen molar-refractivity contribution >= 4 is 0 Å². The number of nitrogens with two attached hydrogens (primary N) is 1. The molecule has 1 heterocycles. The third-order valence-electron chi connectivity index (χ3n) is 3.60. The van der Waals surface area contributed by atoms with Crippen LogP contribution in [0.3, 0.4) is 0 Å². The minimum atomic E-state index is 0.241. The fourth-order valence-electron chi connectivity index (χ4n) is 2.79. The lowest BCUT2D eigenvalue weighted by molar-refractivity contribution is 0.0714. The van der Waals surface area contributed by atoms with Crippen LogP contribution in [-0.4, -0.2) is 31.3 Å². The third-order valence-corrected chi connectivity index (χ3v) is 3.60. The summed E-state index contributed by atoms with van der Waals surface area (Å²) in [6.45, 7) is 4.99. The van der Waals surface area contributed by atoms with Crippen molar-refractivity contribution in [1.29, 1.82) is 0 Å². The summed E-state index contributed by atoms with van der Waals surface area (Å²) in [6.07, 6.45) is 5.34. The van der Waals surface area contributed by atoms with Gasteiger partial charge >= 0.3 is 0 Å². The summed E-state index contributed by atoms with van der Waals surface area (Å²) in [7, 11) is 0. The molecule has 2 aliphatic rings. The number of nitrogens with one attached hydrogen (secondary N) is 1. The van der Waals surface area contributed by atoms with E-state index in [1.54, 1.807) is 0 Å². The van der Waals surface area contributed by atoms with Gasteiger partial charge in [0.2, 0.25) is 0 Å². The van der Waals surface area contributed by atoms with Crippen LogP contribution < -0.4 is 11.1 Å². The zero-order valence-corrected chi connectivity index (χ0v) is 9.09. The van der Waals surface area contributed by atoms with Crippen molar-refractivity contribution < 1.29 is 4.74 Å². The first kappa shape index (κ1) is 10.4. The third kappa shape index (κ3) is 2.10. The summed E-state index contributed by atoms with van der Waals surface area (Å²) in [4.78, 5) is 0. The molecule has 1 saturated carbocycles. The molecule has 1 atom stereocenters. The van der Waals surface area contributed by atoms with Gasteiger partial charge in [-0.25, -0.2) is 0 Å². The zero-order chi connectivity index (χ0) is 10.0. The molecule has 0 amide bonds. The maximum atomic E-state index is 5.81. The average molecular weight is 198 g/mol. The Hall–Kier alpha value is -0.120. The molecule has 1 aliphatic carbocycles. The first-order valence-electron chi connectivity index (χ1n) is 5.81. The second kappa shape index (κ2) is 4.17. The summed E-state index contributed by atoms with van der Waals surface area (Å²) in [5.41, 5.74) is 6.05. The molecule has 0 bridgehead atoms. The molecule has 3 N–H and O–H groups in total. The lowest BCUT2D eigenvalue weighted by atomic mass is 9.69. The topological polar surface area (TPSA) is 47.3 Å². The van der Waals surface area contributed by atoms with Gasteiger partial charge in [0.1, 0.15) is 0 Å². The van der Waals surface area contributed by atoms with Gasteiger partial charge in [-0.1, -0.05) is 6.92 Å². The summed E-state index contributed by atoms with van der Waals surface area (Å²) < 4.78 is 5.58. The minimum Gasteiger partial charge on any atom is -0.377 e. The van der Waals surface area contributed by atoms with Crippen molar-refractivity contribution in [3.63, 3.8) is 0 Å². The highest BCUT2D eigenvalue weighted by molar-refractivity contribution is 5.00. The van der Waals surface area contributed by atoms with Crippen LogP contribution in [0.15, 0.2) is 0 Å².